The van der Waals surface area contributed by atoms with E-state index in [0.29, 0.717) is 17.0 Å². The monoisotopic (exact) mass is 593 g/mol. The number of amides is 4. The van der Waals surface area contributed by atoms with Crippen molar-refractivity contribution in [1.29, 1.82) is 0 Å². The number of likely N-dealkylation sites (tertiary alicyclic amines) is 1. The Bertz CT molecular complexity index is 1550. The van der Waals surface area contributed by atoms with Crippen molar-refractivity contribution in [3.63, 3.8) is 0 Å². The van der Waals surface area contributed by atoms with Crippen molar-refractivity contribution in [3.05, 3.63) is 59.4 Å². The summed E-state index contributed by atoms with van der Waals surface area (Å²) in [5, 5.41) is 4.42. The van der Waals surface area contributed by atoms with Gasteiger partial charge in [-0.3, -0.25) is 14.6 Å². The summed E-state index contributed by atoms with van der Waals surface area (Å²) in [6.45, 7) is 9.81. The maximum absolute atomic E-state index is 16.2. The number of carbonyl (C=O) groups excluding carboxylic acids is 3. The number of anilines is 1. The van der Waals surface area contributed by atoms with Crippen LogP contribution in [0, 0.1) is 6.92 Å². The highest BCUT2D eigenvalue weighted by atomic mass is 19.1. The first-order valence-electron chi connectivity index (χ1n) is 14.7. The first-order chi connectivity index (χ1) is 20.3. The molecule has 2 saturated heterocycles. The first kappa shape index (κ1) is 30.3. The molecule has 11 heteroatoms. The highest BCUT2D eigenvalue weighted by Gasteiger charge is 2.41. The number of fused-ring (bicyclic) bond motifs is 1. The quantitative estimate of drug-likeness (QED) is 0.365. The molecule has 230 valence electrons. The number of hydrogen-bond acceptors (Lipinski definition) is 6. The van der Waals surface area contributed by atoms with E-state index in [9.17, 15) is 14.4 Å². The number of pyridine rings is 1. The van der Waals surface area contributed by atoms with Crippen LogP contribution in [-0.2, 0) is 22.5 Å². The molecular formula is C32H40FN5O5. The summed E-state index contributed by atoms with van der Waals surface area (Å²) in [5.41, 5.74) is 1.59. The van der Waals surface area contributed by atoms with Gasteiger partial charge in [0.1, 0.15) is 17.0 Å². The van der Waals surface area contributed by atoms with E-state index in [4.69, 9.17) is 9.47 Å². The van der Waals surface area contributed by atoms with Crippen molar-refractivity contribution in [3.8, 4) is 5.75 Å². The van der Waals surface area contributed by atoms with Crippen LogP contribution in [-0.4, -0.2) is 75.0 Å². The summed E-state index contributed by atoms with van der Waals surface area (Å²) in [6.07, 6.45) is 3.64. The molecule has 1 unspecified atom stereocenters. The number of alkyl halides is 1. The molecule has 1 aromatic carbocycles. The molecule has 0 radical (unpaired) electrons. The lowest BCUT2D eigenvalue weighted by Gasteiger charge is -2.41. The van der Waals surface area contributed by atoms with Crippen molar-refractivity contribution in [2.75, 3.05) is 25.1 Å². The molecule has 3 aromatic rings. The third kappa shape index (κ3) is 6.45. The molecule has 2 aliphatic heterocycles. The fourth-order valence-corrected chi connectivity index (χ4v) is 5.95. The summed E-state index contributed by atoms with van der Waals surface area (Å²) in [7, 11) is 1.56. The number of rotatable bonds is 6. The largest absolute Gasteiger partial charge is 0.496 e. The number of ether oxygens (including phenoxy) is 2. The summed E-state index contributed by atoms with van der Waals surface area (Å²) < 4.78 is 28.8. The fourth-order valence-electron chi connectivity index (χ4n) is 5.95. The van der Waals surface area contributed by atoms with Crippen molar-refractivity contribution in [1.82, 2.24) is 19.4 Å². The number of piperidine rings is 1. The zero-order valence-electron chi connectivity index (χ0n) is 25.7. The van der Waals surface area contributed by atoms with Crippen LogP contribution in [0.25, 0.3) is 5.52 Å². The first-order valence-corrected chi connectivity index (χ1v) is 14.7. The smallest absolute Gasteiger partial charge is 0.410 e. The van der Waals surface area contributed by atoms with Gasteiger partial charge in [-0.15, -0.1) is 0 Å². The summed E-state index contributed by atoms with van der Waals surface area (Å²) in [4.78, 5) is 43.5. The number of halogens is 1. The highest BCUT2D eigenvalue weighted by Crippen LogP contribution is 2.36. The molecule has 2 aliphatic rings. The minimum absolute atomic E-state index is 0.0882. The van der Waals surface area contributed by atoms with Gasteiger partial charge < -0.3 is 14.4 Å². The van der Waals surface area contributed by atoms with Crippen LogP contribution in [0.15, 0.2) is 42.7 Å². The zero-order valence-corrected chi connectivity index (χ0v) is 25.7. The van der Waals surface area contributed by atoms with Crippen molar-refractivity contribution in [2.24, 2.45) is 0 Å². The average molecular weight is 594 g/mol. The lowest BCUT2D eigenvalue weighted by molar-refractivity contribution is -0.129. The second kappa shape index (κ2) is 11.5. The van der Waals surface area contributed by atoms with Gasteiger partial charge >= 0.3 is 12.1 Å². The SMILES string of the molecule is COc1cc(C)ccc1CN1C(=O)CCN(c2cnn3ccc(CC4(F)CCN(C(=O)OC(C)(C)C)[C@@H](C)C4)cc23)C1=O. The minimum atomic E-state index is -1.51. The second-order valence-electron chi connectivity index (χ2n) is 12.7. The molecule has 2 fully saturated rings. The van der Waals surface area contributed by atoms with E-state index >= 15 is 4.39 Å². The summed E-state index contributed by atoms with van der Waals surface area (Å²) in [6, 6.07) is 8.58. The van der Waals surface area contributed by atoms with Crippen LogP contribution < -0.4 is 9.64 Å². The van der Waals surface area contributed by atoms with Crippen molar-refractivity contribution < 1.29 is 28.2 Å². The molecule has 0 N–H and O–H groups in total. The van der Waals surface area contributed by atoms with Gasteiger partial charge in [0.05, 0.1) is 31.1 Å². The Kier molecular flexibility index (Phi) is 8.11. The normalized spacial score (nSPS) is 21.5. The van der Waals surface area contributed by atoms with Crippen LogP contribution in [0.2, 0.25) is 0 Å². The molecule has 2 aromatic heterocycles. The van der Waals surface area contributed by atoms with Gasteiger partial charge in [0.2, 0.25) is 5.91 Å². The molecule has 43 heavy (non-hydrogen) atoms. The van der Waals surface area contributed by atoms with Crippen molar-refractivity contribution in [2.45, 2.75) is 84.2 Å². The van der Waals surface area contributed by atoms with E-state index in [1.165, 1.54) is 4.90 Å². The molecular weight excluding hydrogens is 553 g/mol. The van der Waals surface area contributed by atoms with Crippen LogP contribution in [0.4, 0.5) is 19.7 Å². The Morgan fingerprint density at radius 1 is 1.16 bits per heavy atom. The van der Waals surface area contributed by atoms with Gasteiger partial charge in [-0.25, -0.2) is 18.5 Å². The third-order valence-electron chi connectivity index (χ3n) is 8.08. The van der Waals surface area contributed by atoms with Gasteiger partial charge in [-0.05, 0) is 70.4 Å². The third-order valence-corrected chi connectivity index (χ3v) is 8.08. The maximum atomic E-state index is 16.2. The number of hydrogen-bond donors (Lipinski definition) is 0. The Hall–Kier alpha value is -4.15. The Morgan fingerprint density at radius 3 is 2.63 bits per heavy atom. The van der Waals surface area contributed by atoms with Gasteiger partial charge in [0.25, 0.3) is 0 Å². The van der Waals surface area contributed by atoms with Gasteiger partial charge in [-0.2, -0.15) is 5.10 Å². The Labute approximate surface area is 251 Å². The molecule has 2 atom stereocenters. The standard InChI is InChI=1S/C32H40FN5O5/c1-21-7-8-24(27(15-21)42-6)20-37-28(39)10-12-36(29(37)40)26-19-34-38-13-9-23(16-25(26)38)18-32(33)11-14-35(22(2)17-32)30(41)43-31(3,4)5/h7-9,13,15-16,19,22H,10-12,14,17-18,20H2,1-6H3/t22-,32?/m0/s1. The van der Waals surface area contributed by atoms with Crippen LogP contribution in [0.3, 0.4) is 0 Å². The van der Waals surface area contributed by atoms with Crippen LogP contribution in [0.1, 0.15) is 63.6 Å². The fraction of sp³-hybridized carbons (Fsp3) is 0.500. The molecule has 0 spiro atoms. The lowest BCUT2D eigenvalue weighted by atomic mass is 9.84. The number of nitrogens with zero attached hydrogens (tertiary/aromatic N) is 5. The number of carbonyl (C=O) groups is 3. The molecule has 10 nitrogen and oxygen atoms in total. The molecule has 0 bridgehead atoms. The van der Waals surface area contributed by atoms with E-state index in [0.717, 1.165) is 16.7 Å². The Morgan fingerprint density at radius 2 is 1.93 bits per heavy atom. The lowest BCUT2D eigenvalue weighted by Crippen LogP contribution is -2.52. The van der Waals surface area contributed by atoms with Crippen molar-refractivity contribution >= 4 is 29.2 Å². The predicted octanol–water partition coefficient (Wildman–Crippen LogP) is 5.68. The maximum Gasteiger partial charge on any atom is 0.410 e. The molecule has 4 heterocycles. The molecule has 0 saturated carbocycles. The zero-order chi connectivity index (χ0) is 31.1. The molecule has 4 amide bonds. The minimum Gasteiger partial charge on any atom is -0.496 e. The molecule has 5 rings (SSSR count). The Balaban J connectivity index is 1.33. The number of benzene rings is 1. The summed E-state index contributed by atoms with van der Waals surface area (Å²) >= 11 is 0. The number of aromatic nitrogens is 2. The van der Waals surface area contributed by atoms with Gasteiger partial charge in [0.15, 0.2) is 0 Å². The number of methoxy groups -OCH3 is 1. The number of urea groups is 1. The predicted molar refractivity (Wildman–Crippen MR) is 160 cm³/mol. The average Bonchev–Trinajstić information content (AvgIpc) is 3.33. The van der Waals surface area contributed by atoms with Crippen LogP contribution in [0.5, 0.6) is 5.75 Å². The number of imide groups is 1. The van der Waals surface area contributed by atoms with E-state index in [2.05, 4.69) is 5.10 Å². The van der Waals surface area contributed by atoms with E-state index < -0.39 is 23.4 Å². The van der Waals surface area contributed by atoms with E-state index in [-0.39, 0.29) is 57.3 Å². The van der Waals surface area contributed by atoms with Crippen LogP contribution >= 0.6 is 0 Å². The van der Waals surface area contributed by atoms with E-state index in [1.54, 1.807) is 33.8 Å². The highest BCUT2D eigenvalue weighted by molar-refractivity contribution is 6.07. The molecule has 0 aliphatic carbocycles. The summed E-state index contributed by atoms with van der Waals surface area (Å²) in [5.74, 6) is 0.358. The number of aryl methyl sites for hydroxylation is 1. The van der Waals surface area contributed by atoms with Gasteiger partial charge in [0, 0.05) is 50.2 Å². The van der Waals surface area contributed by atoms with E-state index in [1.807, 2.05) is 65.0 Å². The second-order valence-corrected chi connectivity index (χ2v) is 12.7. The van der Waals surface area contributed by atoms with Gasteiger partial charge in [-0.1, -0.05) is 12.1 Å². The topological polar surface area (TPSA) is 96.7 Å².